The molecule has 0 spiro atoms. The summed E-state index contributed by atoms with van der Waals surface area (Å²) in [5, 5.41) is 1.03. The highest BCUT2D eigenvalue weighted by Gasteiger charge is 2.10. The first-order valence-electron chi connectivity index (χ1n) is 6.46. The van der Waals surface area contributed by atoms with Gasteiger partial charge in [-0.1, -0.05) is 18.2 Å². The van der Waals surface area contributed by atoms with E-state index >= 15 is 0 Å². The molecule has 106 valence electrons. The largest absolute Gasteiger partial charge is 0.469 e. The maximum atomic E-state index is 11.1. The van der Waals surface area contributed by atoms with Gasteiger partial charge in [0.25, 0.3) is 0 Å². The van der Waals surface area contributed by atoms with Crippen LogP contribution in [0, 0.1) is 0 Å². The molecule has 1 heterocycles. The molecule has 0 amide bonds. The predicted molar refractivity (Wildman–Crippen MR) is 74.2 cm³/mol. The Bertz CT molecular complexity index is 630. The molecule has 20 heavy (non-hydrogen) atoms. The van der Waals surface area contributed by atoms with Crippen LogP contribution < -0.4 is 4.84 Å². The number of fused-ring (bicyclic) bond motifs is 1. The number of benzene rings is 1. The molecule has 2 aromatic rings. The van der Waals surface area contributed by atoms with Crippen molar-refractivity contribution < 1.29 is 19.2 Å². The number of carbonyl (C=O) groups excluding carboxylic acids is 2. The number of nitrogens with zero attached hydrogens (tertiary/aromatic N) is 1. The van der Waals surface area contributed by atoms with E-state index in [4.69, 9.17) is 4.84 Å². The van der Waals surface area contributed by atoms with Gasteiger partial charge in [0.15, 0.2) is 0 Å². The molecule has 1 aromatic carbocycles. The number of rotatable bonds is 5. The highest BCUT2D eigenvalue weighted by molar-refractivity contribution is 5.84. The standard InChI is InChI=1S/C15H17NO4/c1-11(17)20-16-10-12(6-5-9-15(18)19-2)13-7-3-4-8-14(13)16/h3-4,7-8,10H,5-6,9H2,1-2H3. The summed E-state index contributed by atoms with van der Waals surface area (Å²) in [6.07, 6.45) is 3.59. The van der Waals surface area contributed by atoms with E-state index in [9.17, 15) is 9.59 Å². The number of methoxy groups -OCH3 is 1. The summed E-state index contributed by atoms with van der Waals surface area (Å²) in [5.74, 6) is -0.583. The Morgan fingerprint density at radius 1 is 1.25 bits per heavy atom. The van der Waals surface area contributed by atoms with Crippen LogP contribution >= 0.6 is 0 Å². The van der Waals surface area contributed by atoms with E-state index in [2.05, 4.69) is 4.74 Å². The van der Waals surface area contributed by atoms with Crippen LogP contribution in [0.4, 0.5) is 0 Å². The normalized spacial score (nSPS) is 10.5. The highest BCUT2D eigenvalue weighted by Crippen LogP contribution is 2.22. The first-order valence-corrected chi connectivity index (χ1v) is 6.46. The zero-order valence-electron chi connectivity index (χ0n) is 11.6. The lowest BCUT2D eigenvalue weighted by atomic mass is 10.1. The summed E-state index contributed by atoms with van der Waals surface area (Å²) in [7, 11) is 1.38. The van der Waals surface area contributed by atoms with Gasteiger partial charge in [-0.15, -0.1) is 0 Å². The molecule has 0 radical (unpaired) electrons. The number of aryl methyl sites for hydroxylation is 1. The molecule has 0 atom stereocenters. The van der Waals surface area contributed by atoms with Crippen LogP contribution in [0.15, 0.2) is 30.5 Å². The quantitative estimate of drug-likeness (QED) is 0.784. The summed E-state index contributed by atoms with van der Waals surface area (Å²) in [6.45, 7) is 1.37. The monoisotopic (exact) mass is 275 g/mol. The number of carbonyl (C=O) groups is 2. The van der Waals surface area contributed by atoms with Gasteiger partial charge in [-0.3, -0.25) is 4.79 Å². The van der Waals surface area contributed by atoms with Crippen molar-refractivity contribution in [2.24, 2.45) is 0 Å². The van der Waals surface area contributed by atoms with E-state index in [1.165, 1.54) is 18.8 Å². The fourth-order valence-corrected chi connectivity index (χ4v) is 2.16. The fourth-order valence-electron chi connectivity index (χ4n) is 2.16. The van der Waals surface area contributed by atoms with E-state index in [0.717, 1.165) is 22.9 Å². The van der Waals surface area contributed by atoms with E-state index in [-0.39, 0.29) is 11.9 Å². The van der Waals surface area contributed by atoms with Gasteiger partial charge in [0.1, 0.15) is 0 Å². The van der Waals surface area contributed by atoms with E-state index in [0.29, 0.717) is 12.8 Å². The van der Waals surface area contributed by atoms with Gasteiger partial charge in [-0.05, 0) is 24.5 Å². The molecule has 0 unspecified atom stereocenters. The third-order valence-electron chi connectivity index (χ3n) is 3.04. The van der Waals surface area contributed by atoms with Crippen molar-refractivity contribution in [1.82, 2.24) is 4.73 Å². The molecule has 5 nitrogen and oxygen atoms in total. The number of hydrogen-bond acceptors (Lipinski definition) is 4. The molecule has 0 fully saturated rings. The molecule has 2 rings (SSSR count). The molecular weight excluding hydrogens is 258 g/mol. The Kier molecular flexibility index (Phi) is 4.40. The van der Waals surface area contributed by atoms with Gasteiger partial charge < -0.3 is 9.57 Å². The van der Waals surface area contributed by atoms with Crippen molar-refractivity contribution in [3.05, 3.63) is 36.0 Å². The fraction of sp³-hybridized carbons (Fsp3) is 0.333. The van der Waals surface area contributed by atoms with Gasteiger partial charge in [-0.25, -0.2) is 4.79 Å². The Balaban J connectivity index is 2.20. The van der Waals surface area contributed by atoms with Crippen molar-refractivity contribution in [1.29, 1.82) is 0 Å². The first-order chi connectivity index (χ1) is 9.61. The lowest BCUT2D eigenvalue weighted by Gasteiger charge is -2.02. The number of para-hydroxylation sites is 1. The zero-order valence-corrected chi connectivity index (χ0v) is 11.6. The van der Waals surface area contributed by atoms with Crippen LogP contribution in [0.1, 0.15) is 25.3 Å². The number of aromatic nitrogens is 1. The predicted octanol–water partition coefficient (Wildman–Crippen LogP) is 2.11. The molecule has 1 aromatic heterocycles. The summed E-state index contributed by atoms with van der Waals surface area (Å²) in [5.41, 5.74) is 1.89. The third kappa shape index (κ3) is 3.17. The van der Waals surface area contributed by atoms with Crippen molar-refractivity contribution in [2.75, 3.05) is 7.11 Å². The van der Waals surface area contributed by atoms with E-state index < -0.39 is 0 Å². The summed E-state index contributed by atoms with van der Waals surface area (Å²) >= 11 is 0. The molecular formula is C15H17NO4. The first kappa shape index (κ1) is 14.1. The van der Waals surface area contributed by atoms with Gasteiger partial charge in [-0.2, -0.15) is 4.73 Å². The van der Waals surface area contributed by atoms with Gasteiger partial charge >= 0.3 is 11.9 Å². The second-order valence-corrected chi connectivity index (χ2v) is 4.51. The van der Waals surface area contributed by atoms with Crippen LogP contribution in [-0.2, 0) is 20.7 Å². The maximum Gasteiger partial charge on any atom is 0.329 e. The van der Waals surface area contributed by atoms with Gasteiger partial charge in [0, 0.05) is 24.9 Å². The molecule has 5 heteroatoms. The maximum absolute atomic E-state index is 11.1. The Hall–Kier alpha value is -2.30. The second kappa shape index (κ2) is 6.23. The van der Waals surface area contributed by atoms with E-state index in [1.54, 1.807) is 6.20 Å². The topological polar surface area (TPSA) is 57.5 Å². The van der Waals surface area contributed by atoms with E-state index in [1.807, 2.05) is 24.3 Å². The van der Waals surface area contributed by atoms with Crippen molar-refractivity contribution in [3.8, 4) is 0 Å². The molecule has 0 bridgehead atoms. The lowest BCUT2D eigenvalue weighted by Crippen LogP contribution is -2.15. The van der Waals surface area contributed by atoms with Crippen LogP contribution in [0.25, 0.3) is 10.9 Å². The SMILES string of the molecule is COC(=O)CCCc1cn(OC(C)=O)c2ccccc12. The van der Waals surface area contributed by atoms with Crippen molar-refractivity contribution in [2.45, 2.75) is 26.2 Å². The minimum Gasteiger partial charge on any atom is -0.469 e. The zero-order chi connectivity index (χ0) is 14.5. The minimum atomic E-state index is -0.369. The third-order valence-corrected chi connectivity index (χ3v) is 3.04. The van der Waals surface area contributed by atoms with Crippen LogP contribution in [-0.4, -0.2) is 23.8 Å². The summed E-state index contributed by atoms with van der Waals surface area (Å²) in [4.78, 5) is 27.4. The Labute approximate surface area is 117 Å². The Morgan fingerprint density at radius 3 is 2.70 bits per heavy atom. The van der Waals surface area contributed by atoms with Crippen molar-refractivity contribution >= 4 is 22.8 Å². The molecule has 0 saturated carbocycles. The average Bonchev–Trinajstić information content (AvgIpc) is 2.77. The lowest BCUT2D eigenvalue weighted by molar-refractivity contribution is -0.141. The Morgan fingerprint density at radius 2 is 2.00 bits per heavy atom. The highest BCUT2D eigenvalue weighted by atomic mass is 16.7. The van der Waals surface area contributed by atoms with Crippen LogP contribution in [0.2, 0.25) is 0 Å². The van der Waals surface area contributed by atoms with Crippen LogP contribution in [0.3, 0.4) is 0 Å². The molecule has 0 aliphatic heterocycles. The van der Waals surface area contributed by atoms with Gasteiger partial charge in [0.05, 0.1) is 12.6 Å². The van der Waals surface area contributed by atoms with Gasteiger partial charge in [0.2, 0.25) is 0 Å². The molecule has 0 aliphatic carbocycles. The second-order valence-electron chi connectivity index (χ2n) is 4.51. The number of esters is 1. The van der Waals surface area contributed by atoms with Crippen LogP contribution in [0.5, 0.6) is 0 Å². The smallest absolute Gasteiger partial charge is 0.329 e. The number of hydrogen-bond donors (Lipinski definition) is 0. The molecule has 0 saturated heterocycles. The molecule has 0 N–H and O–H groups in total. The summed E-state index contributed by atoms with van der Waals surface area (Å²) < 4.78 is 6.10. The average molecular weight is 275 g/mol. The summed E-state index contributed by atoms with van der Waals surface area (Å²) in [6, 6.07) is 7.69. The number of ether oxygens (including phenoxy) is 1. The van der Waals surface area contributed by atoms with Crippen molar-refractivity contribution in [3.63, 3.8) is 0 Å². The molecule has 0 aliphatic rings. The minimum absolute atomic E-state index is 0.214.